The maximum absolute atomic E-state index is 12.9. The zero-order chi connectivity index (χ0) is 23.1. The fraction of sp³-hybridized carbons (Fsp3) is 0.897. The van der Waals surface area contributed by atoms with Crippen LogP contribution in [0.15, 0.2) is 11.6 Å². The molecule has 1 saturated heterocycles. The molecule has 8 atom stereocenters. The monoisotopic (exact) mass is 458 g/mol. The van der Waals surface area contributed by atoms with Crippen molar-refractivity contribution in [3.63, 3.8) is 0 Å². The minimum atomic E-state index is -0.486. The summed E-state index contributed by atoms with van der Waals surface area (Å²) in [6, 6.07) is 0. The number of allylic oxidation sites excluding steroid dienone is 2. The third kappa shape index (κ3) is 4.33. The number of esters is 1. The number of carbonyl (C=O) groups is 1. The smallest absolute Gasteiger partial charge is 0.335 e. The van der Waals surface area contributed by atoms with E-state index in [0.29, 0.717) is 23.4 Å². The standard InChI is InChI=1S/C29H46O4/c1-4-31-27(30)25(33-26-10-6-8-18-32-26)19-21-12-14-23-22-13-11-20-9-5-7-16-28(20,2)24(22)15-17-29(21,23)3/h11,21-26H,4-10,12-19H2,1-3H3/t21-,22+,23+,24+,25?,26?,28+,29-/m1/s1. The average molecular weight is 459 g/mol. The molecule has 4 fully saturated rings. The first-order valence-electron chi connectivity index (χ1n) is 14.1. The normalized spacial score (nSPS) is 43.6. The molecule has 3 saturated carbocycles. The summed E-state index contributed by atoms with van der Waals surface area (Å²) in [5.41, 5.74) is 2.56. The van der Waals surface area contributed by atoms with E-state index in [2.05, 4.69) is 19.9 Å². The summed E-state index contributed by atoms with van der Waals surface area (Å²) in [7, 11) is 0. The van der Waals surface area contributed by atoms with Gasteiger partial charge in [0, 0.05) is 6.61 Å². The lowest BCUT2D eigenvalue weighted by Gasteiger charge is -2.57. The van der Waals surface area contributed by atoms with Crippen molar-refractivity contribution in [2.75, 3.05) is 13.2 Å². The summed E-state index contributed by atoms with van der Waals surface area (Å²) in [6.45, 7) is 8.18. The second-order valence-corrected chi connectivity index (χ2v) is 12.2. The van der Waals surface area contributed by atoms with Crippen LogP contribution in [0.4, 0.5) is 0 Å². The van der Waals surface area contributed by atoms with Crippen molar-refractivity contribution in [3.05, 3.63) is 11.6 Å². The lowest BCUT2D eigenvalue weighted by atomic mass is 9.47. The van der Waals surface area contributed by atoms with Gasteiger partial charge in [-0.3, -0.25) is 0 Å². The van der Waals surface area contributed by atoms with Crippen molar-refractivity contribution in [2.24, 2.45) is 34.5 Å². The highest BCUT2D eigenvalue weighted by molar-refractivity contribution is 5.74. The van der Waals surface area contributed by atoms with E-state index in [4.69, 9.17) is 14.2 Å². The molecule has 5 aliphatic rings. The van der Waals surface area contributed by atoms with Gasteiger partial charge < -0.3 is 14.2 Å². The second kappa shape index (κ2) is 9.64. The van der Waals surface area contributed by atoms with Gasteiger partial charge in [-0.15, -0.1) is 0 Å². The van der Waals surface area contributed by atoms with Crippen LogP contribution in [0.5, 0.6) is 0 Å². The molecule has 0 aromatic heterocycles. The number of rotatable bonds is 6. The third-order valence-corrected chi connectivity index (χ3v) is 10.7. The van der Waals surface area contributed by atoms with Crippen LogP contribution < -0.4 is 0 Å². The topological polar surface area (TPSA) is 44.8 Å². The third-order valence-electron chi connectivity index (χ3n) is 10.7. The fourth-order valence-electron chi connectivity index (χ4n) is 8.90. The molecule has 1 aliphatic heterocycles. The van der Waals surface area contributed by atoms with Gasteiger partial charge in [0.05, 0.1) is 6.61 Å². The molecule has 4 aliphatic carbocycles. The lowest BCUT2D eigenvalue weighted by molar-refractivity contribution is -0.207. The number of hydrogen-bond donors (Lipinski definition) is 0. The molecule has 0 aromatic rings. The van der Waals surface area contributed by atoms with E-state index in [1.54, 1.807) is 5.57 Å². The van der Waals surface area contributed by atoms with Gasteiger partial charge in [0.15, 0.2) is 12.4 Å². The number of ether oxygens (including phenoxy) is 3. The Kier molecular flexibility index (Phi) is 6.97. The molecule has 5 rings (SSSR count). The summed E-state index contributed by atoms with van der Waals surface area (Å²) >= 11 is 0. The largest absolute Gasteiger partial charge is 0.464 e. The predicted molar refractivity (Wildman–Crippen MR) is 130 cm³/mol. The summed E-state index contributed by atoms with van der Waals surface area (Å²) in [5, 5.41) is 0. The van der Waals surface area contributed by atoms with Gasteiger partial charge in [-0.05, 0) is 118 Å². The summed E-state index contributed by atoms with van der Waals surface area (Å²) in [5.74, 6) is 2.82. The van der Waals surface area contributed by atoms with Gasteiger partial charge in [-0.2, -0.15) is 0 Å². The molecule has 0 N–H and O–H groups in total. The SMILES string of the molecule is CCOC(=O)C(C[C@H]1CC[C@H]2[C@@H]3CC=C4CCCC[C@]4(C)[C@H]3CC[C@]12C)OC1CCCCO1. The molecule has 0 amide bonds. The highest BCUT2D eigenvalue weighted by Gasteiger charge is 2.58. The Labute approximate surface area is 201 Å². The summed E-state index contributed by atoms with van der Waals surface area (Å²) < 4.78 is 17.6. The van der Waals surface area contributed by atoms with Crippen LogP contribution in [0.25, 0.3) is 0 Å². The van der Waals surface area contributed by atoms with Crippen LogP contribution in [-0.4, -0.2) is 31.6 Å². The maximum Gasteiger partial charge on any atom is 0.335 e. The Morgan fingerprint density at radius 2 is 1.97 bits per heavy atom. The van der Waals surface area contributed by atoms with Crippen molar-refractivity contribution in [1.82, 2.24) is 0 Å². The Morgan fingerprint density at radius 3 is 2.76 bits per heavy atom. The van der Waals surface area contributed by atoms with Gasteiger partial charge in [-0.1, -0.05) is 31.9 Å². The lowest BCUT2D eigenvalue weighted by Crippen LogP contribution is -2.50. The van der Waals surface area contributed by atoms with E-state index >= 15 is 0 Å². The molecule has 0 spiro atoms. The molecule has 0 aromatic carbocycles. The van der Waals surface area contributed by atoms with Gasteiger partial charge in [0.25, 0.3) is 0 Å². The van der Waals surface area contributed by atoms with Crippen molar-refractivity contribution in [2.45, 2.75) is 117 Å². The highest BCUT2D eigenvalue weighted by atomic mass is 16.7. The Hall–Kier alpha value is -0.870. The Bertz CT molecular complexity index is 740. The summed E-state index contributed by atoms with van der Waals surface area (Å²) in [6.07, 6.45) is 17.8. The second-order valence-electron chi connectivity index (χ2n) is 12.2. The van der Waals surface area contributed by atoms with E-state index < -0.39 is 6.10 Å². The van der Waals surface area contributed by atoms with E-state index in [9.17, 15) is 4.79 Å². The maximum atomic E-state index is 12.9. The molecule has 0 bridgehead atoms. The first-order chi connectivity index (χ1) is 16.0. The van der Waals surface area contributed by atoms with Crippen LogP contribution in [-0.2, 0) is 19.0 Å². The first-order valence-corrected chi connectivity index (χ1v) is 14.1. The molecule has 4 nitrogen and oxygen atoms in total. The van der Waals surface area contributed by atoms with Crippen LogP contribution in [0.3, 0.4) is 0 Å². The van der Waals surface area contributed by atoms with E-state index in [1.165, 1.54) is 57.8 Å². The molecular weight excluding hydrogens is 412 g/mol. The molecule has 2 unspecified atom stereocenters. The van der Waals surface area contributed by atoms with Crippen molar-refractivity contribution >= 4 is 5.97 Å². The minimum absolute atomic E-state index is 0.188. The minimum Gasteiger partial charge on any atom is -0.464 e. The fourth-order valence-corrected chi connectivity index (χ4v) is 8.90. The van der Waals surface area contributed by atoms with Gasteiger partial charge in [0.2, 0.25) is 0 Å². The van der Waals surface area contributed by atoms with Crippen LogP contribution in [0.2, 0.25) is 0 Å². The Morgan fingerprint density at radius 1 is 1.09 bits per heavy atom. The molecule has 186 valence electrons. The van der Waals surface area contributed by atoms with Crippen LogP contribution in [0.1, 0.15) is 104 Å². The quantitative estimate of drug-likeness (QED) is 0.323. The Balaban J connectivity index is 1.31. The first kappa shape index (κ1) is 23.9. The van der Waals surface area contributed by atoms with Crippen molar-refractivity contribution in [3.8, 4) is 0 Å². The summed E-state index contributed by atoms with van der Waals surface area (Å²) in [4.78, 5) is 12.9. The van der Waals surface area contributed by atoms with Crippen LogP contribution >= 0.6 is 0 Å². The highest BCUT2D eigenvalue weighted by Crippen LogP contribution is 2.66. The number of fused-ring (bicyclic) bond motifs is 5. The van der Waals surface area contributed by atoms with Gasteiger partial charge >= 0.3 is 5.97 Å². The molecule has 4 heteroatoms. The molecule has 33 heavy (non-hydrogen) atoms. The predicted octanol–water partition coefficient (Wildman–Crippen LogP) is 6.82. The molecule has 0 radical (unpaired) electrons. The number of hydrogen-bond acceptors (Lipinski definition) is 4. The number of carbonyl (C=O) groups excluding carboxylic acids is 1. The van der Waals surface area contributed by atoms with E-state index in [0.717, 1.165) is 50.0 Å². The molecule has 1 heterocycles. The van der Waals surface area contributed by atoms with Crippen molar-refractivity contribution < 1.29 is 19.0 Å². The van der Waals surface area contributed by atoms with E-state index in [-0.39, 0.29) is 12.3 Å². The van der Waals surface area contributed by atoms with E-state index in [1.807, 2.05) is 6.92 Å². The molecular formula is C29H46O4. The van der Waals surface area contributed by atoms with Gasteiger partial charge in [-0.25, -0.2) is 4.79 Å². The zero-order valence-corrected chi connectivity index (χ0v) is 21.3. The van der Waals surface area contributed by atoms with Crippen molar-refractivity contribution in [1.29, 1.82) is 0 Å². The van der Waals surface area contributed by atoms with Crippen LogP contribution in [0, 0.1) is 34.5 Å². The van der Waals surface area contributed by atoms with Gasteiger partial charge in [0.1, 0.15) is 0 Å². The average Bonchev–Trinajstić information content (AvgIpc) is 3.15. The zero-order valence-electron chi connectivity index (χ0n) is 21.3.